The molecular formula is C22H23N5O2. The van der Waals surface area contributed by atoms with Gasteiger partial charge in [-0.2, -0.15) is 5.10 Å². The molecule has 7 nitrogen and oxygen atoms in total. The summed E-state index contributed by atoms with van der Waals surface area (Å²) in [6, 6.07) is 15.4. The second kappa shape index (κ2) is 9.57. The third-order valence-corrected chi connectivity index (χ3v) is 4.08. The standard InChI is InChI=1S/C22H23N5O2/c1-27(2)15-17-6-4-5-16(11-17)12-24-26-22(28)21-14-23-13-20(25-21)18-7-9-19(29-3)10-8-18/h4-14H,15H2,1-3H3,(H,26,28). The Labute approximate surface area is 170 Å². The number of aromatic nitrogens is 2. The number of hydrogen-bond donors (Lipinski definition) is 1. The first-order valence-electron chi connectivity index (χ1n) is 9.08. The highest BCUT2D eigenvalue weighted by molar-refractivity contribution is 5.93. The molecule has 29 heavy (non-hydrogen) atoms. The predicted molar refractivity (Wildman–Crippen MR) is 113 cm³/mol. The van der Waals surface area contributed by atoms with E-state index in [-0.39, 0.29) is 5.69 Å². The van der Waals surface area contributed by atoms with Crippen LogP contribution in [0.2, 0.25) is 0 Å². The van der Waals surface area contributed by atoms with E-state index in [1.165, 1.54) is 11.8 Å². The zero-order valence-electron chi connectivity index (χ0n) is 16.7. The fraction of sp³-hybridized carbons (Fsp3) is 0.182. The molecule has 0 unspecified atom stereocenters. The summed E-state index contributed by atoms with van der Waals surface area (Å²) in [7, 11) is 5.64. The maximum atomic E-state index is 12.4. The Morgan fingerprint density at radius 1 is 1.17 bits per heavy atom. The molecule has 1 amide bonds. The van der Waals surface area contributed by atoms with Crippen molar-refractivity contribution in [3.05, 3.63) is 77.7 Å². The highest BCUT2D eigenvalue weighted by Crippen LogP contribution is 2.20. The van der Waals surface area contributed by atoms with Crippen LogP contribution in [0, 0.1) is 0 Å². The maximum absolute atomic E-state index is 12.4. The Kier molecular flexibility index (Phi) is 6.65. The number of hydrogen-bond acceptors (Lipinski definition) is 6. The van der Waals surface area contributed by atoms with Crippen molar-refractivity contribution in [1.29, 1.82) is 0 Å². The summed E-state index contributed by atoms with van der Waals surface area (Å²) in [6.07, 6.45) is 4.63. The summed E-state index contributed by atoms with van der Waals surface area (Å²) < 4.78 is 5.16. The molecule has 7 heteroatoms. The molecule has 0 saturated carbocycles. The maximum Gasteiger partial charge on any atom is 0.291 e. The van der Waals surface area contributed by atoms with Crippen molar-refractivity contribution in [3.63, 3.8) is 0 Å². The van der Waals surface area contributed by atoms with Gasteiger partial charge >= 0.3 is 0 Å². The average Bonchev–Trinajstić information content (AvgIpc) is 2.73. The highest BCUT2D eigenvalue weighted by Gasteiger charge is 2.09. The fourth-order valence-electron chi connectivity index (χ4n) is 2.74. The van der Waals surface area contributed by atoms with Gasteiger partial charge in [-0.05, 0) is 55.6 Å². The van der Waals surface area contributed by atoms with Crippen molar-refractivity contribution in [3.8, 4) is 17.0 Å². The van der Waals surface area contributed by atoms with Crippen LogP contribution in [0.25, 0.3) is 11.3 Å². The molecule has 148 valence electrons. The minimum atomic E-state index is -0.423. The molecule has 0 radical (unpaired) electrons. The van der Waals surface area contributed by atoms with E-state index < -0.39 is 5.91 Å². The lowest BCUT2D eigenvalue weighted by Crippen LogP contribution is -2.19. The van der Waals surface area contributed by atoms with E-state index >= 15 is 0 Å². The van der Waals surface area contributed by atoms with Crippen molar-refractivity contribution in [2.45, 2.75) is 6.54 Å². The molecule has 1 N–H and O–H groups in total. The summed E-state index contributed by atoms with van der Waals surface area (Å²) >= 11 is 0. The lowest BCUT2D eigenvalue weighted by molar-refractivity contribution is 0.0950. The van der Waals surface area contributed by atoms with Gasteiger partial charge in [-0.3, -0.25) is 9.78 Å². The van der Waals surface area contributed by atoms with E-state index in [2.05, 4.69) is 31.5 Å². The van der Waals surface area contributed by atoms with Crippen molar-refractivity contribution < 1.29 is 9.53 Å². The SMILES string of the molecule is COc1ccc(-c2cncc(C(=O)NN=Cc3cccc(CN(C)C)c3)n2)cc1. The number of amides is 1. The second-order valence-electron chi connectivity index (χ2n) is 6.70. The largest absolute Gasteiger partial charge is 0.497 e. The number of carbonyl (C=O) groups excluding carboxylic acids is 1. The van der Waals surface area contributed by atoms with Crippen LogP contribution in [0.1, 0.15) is 21.6 Å². The van der Waals surface area contributed by atoms with Gasteiger partial charge in [0.25, 0.3) is 5.91 Å². The monoisotopic (exact) mass is 389 g/mol. The van der Waals surface area contributed by atoms with Gasteiger partial charge in [0, 0.05) is 12.1 Å². The van der Waals surface area contributed by atoms with Crippen LogP contribution < -0.4 is 10.2 Å². The topological polar surface area (TPSA) is 79.7 Å². The molecule has 0 fully saturated rings. The van der Waals surface area contributed by atoms with Gasteiger partial charge in [-0.15, -0.1) is 0 Å². The van der Waals surface area contributed by atoms with Gasteiger partial charge in [-0.1, -0.05) is 18.2 Å². The normalized spacial score (nSPS) is 11.0. The number of methoxy groups -OCH3 is 1. The third-order valence-electron chi connectivity index (χ3n) is 4.08. The Balaban J connectivity index is 1.67. The molecule has 0 aliphatic rings. The number of ether oxygens (including phenoxy) is 1. The lowest BCUT2D eigenvalue weighted by atomic mass is 10.1. The minimum Gasteiger partial charge on any atom is -0.497 e. The van der Waals surface area contributed by atoms with E-state index in [4.69, 9.17) is 4.74 Å². The molecule has 0 bridgehead atoms. The van der Waals surface area contributed by atoms with Crippen molar-refractivity contribution in [1.82, 2.24) is 20.3 Å². The van der Waals surface area contributed by atoms with Gasteiger partial charge in [-0.25, -0.2) is 10.4 Å². The van der Waals surface area contributed by atoms with Crippen LogP contribution in [0.4, 0.5) is 0 Å². The fourth-order valence-corrected chi connectivity index (χ4v) is 2.74. The number of carbonyl (C=O) groups is 1. The number of rotatable bonds is 7. The second-order valence-corrected chi connectivity index (χ2v) is 6.70. The Morgan fingerprint density at radius 3 is 2.69 bits per heavy atom. The Morgan fingerprint density at radius 2 is 1.97 bits per heavy atom. The average molecular weight is 389 g/mol. The van der Waals surface area contributed by atoms with Gasteiger partial charge in [0.05, 0.1) is 31.4 Å². The van der Waals surface area contributed by atoms with E-state index in [0.29, 0.717) is 5.69 Å². The molecule has 0 atom stereocenters. The quantitative estimate of drug-likeness (QED) is 0.496. The van der Waals surface area contributed by atoms with Crippen LogP contribution in [-0.2, 0) is 6.54 Å². The molecule has 1 heterocycles. The van der Waals surface area contributed by atoms with Crippen molar-refractivity contribution in [2.24, 2.45) is 5.10 Å². The molecular weight excluding hydrogens is 366 g/mol. The molecule has 2 aromatic carbocycles. The smallest absolute Gasteiger partial charge is 0.291 e. The summed E-state index contributed by atoms with van der Waals surface area (Å²) in [5.41, 5.74) is 6.21. The summed E-state index contributed by atoms with van der Waals surface area (Å²) in [4.78, 5) is 23.0. The Hall–Kier alpha value is -3.58. The summed E-state index contributed by atoms with van der Waals surface area (Å²) in [5, 5.41) is 4.04. The van der Waals surface area contributed by atoms with Crippen molar-refractivity contribution in [2.75, 3.05) is 21.2 Å². The van der Waals surface area contributed by atoms with Gasteiger partial charge < -0.3 is 9.64 Å². The molecule has 0 aliphatic heterocycles. The zero-order chi connectivity index (χ0) is 20.6. The molecule has 0 aliphatic carbocycles. The van der Waals surface area contributed by atoms with E-state index in [9.17, 15) is 4.79 Å². The number of benzene rings is 2. The molecule has 3 rings (SSSR count). The summed E-state index contributed by atoms with van der Waals surface area (Å²) in [5.74, 6) is 0.327. The van der Waals surface area contributed by atoms with E-state index in [1.54, 1.807) is 19.5 Å². The first-order valence-corrected chi connectivity index (χ1v) is 9.08. The van der Waals surface area contributed by atoms with Crippen LogP contribution in [0.5, 0.6) is 5.75 Å². The third kappa shape index (κ3) is 5.70. The number of nitrogens with one attached hydrogen (secondary N) is 1. The highest BCUT2D eigenvalue weighted by atomic mass is 16.5. The van der Waals surface area contributed by atoms with Gasteiger partial charge in [0.15, 0.2) is 0 Å². The van der Waals surface area contributed by atoms with Gasteiger partial charge in [0.1, 0.15) is 11.4 Å². The Bertz CT molecular complexity index is 1000. The molecule has 0 spiro atoms. The summed E-state index contributed by atoms with van der Waals surface area (Å²) in [6.45, 7) is 0.835. The number of nitrogens with zero attached hydrogens (tertiary/aromatic N) is 4. The first-order chi connectivity index (χ1) is 14.0. The van der Waals surface area contributed by atoms with E-state index in [1.807, 2.05) is 56.6 Å². The molecule has 0 saturated heterocycles. The van der Waals surface area contributed by atoms with Gasteiger partial charge in [0.2, 0.25) is 0 Å². The minimum absolute atomic E-state index is 0.192. The molecule has 1 aromatic heterocycles. The number of hydrazone groups is 1. The molecule has 3 aromatic rings. The predicted octanol–water partition coefficient (Wildman–Crippen LogP) is 2.98. The van der Waals surface area contributed by atoms with Crippen molar-refractivity contribution >= 4 is 12.1 Å². The van der Waals surface area contributed by atoms with Crippen LogP contribution in [-0.4, -0.2) is 48.2 Å². The zero-order valence-corrected chi connectivity index (χ0v) is 16.7. The van der Waals surface area contributed by atoms with Crippen LogP contribution in [0.15, 0.2) is 66.0 Å². The van der Waals surface area contributed by atoms with E-state index in [0.717, 1.165) is 23.4 Å². The van der Waals surface area contributed by atoms with Crippen LogP contribution >= 0.6 is 0 Å². The first kappa shape index (κ1) is 20.2. The van der Waals surface area contributed by atoms with Crippen LogP contribution in [0.3, 0.4) is 0 Å². The lowest BCUT2D eigenvalue weighted by Gasteiger charge is -2.09.